The van der Waals surface area contributed by atoms with Crippen LogP contribution in [0.5, 0.6) is 0 Å². The minimum absolute atomic E-state index is 0.155. The van der Waals surface area contributed by atoms with Gasteiger partial charge >= 0.3 is 12.0 Å². The number of anilines is 1. The van der Waals surface area contributed by atoms with E-state index in [-0.39, 0.29) is 12.6 Å². The van der Waals surface area contributed by atoms with Crippen LogP contribution >= 0.6 is 34.8 Å². The van der Waals surface area contributed by atoms with Crippen molar-refractivity contribution in [3.05, 3.63) is 56.7 Å². The predicted molar refractivity (Wildman–Crippen MR) is 118 cm³/mol. The van der Waals surface area contributed by atoms with E-state index >= 15 is 0 Å². The highest BCUT2D eigenvalue weighted by Crippen LogP contribution is 2.26. The van der Waals surface area contributed by atoms with E-state index in [0.29, 0.717) is 59.2 Å². The Morgan fingerprint density at radius 3 is 2.43 bits per heavy atom. The van der Waals surface area contributed by atoms with E-state index in [1.807, 2.05) is 11.0 Å². The number of esters is 1. The molecule has 2 heterocycles. The highest BCUT2D eigenvalue weighted by atomic mass is 35.5. The monoisotopic (exact) mass is 470 g/mol. The molecule has 1 fully saturated rings. The molecule has 2 amide bonds. The Morgan fingerprint density at radius 1 is 1.07 bits per heavy atom. The molecule has 0 radical (unpaired) electrons. The summed E-state index contributed by atoms with van der Waals surface area (Å²) in [5, 5.41) is 4.19. The molecule has 3 rings (SSSR count). The van der Waals surface area contributed by atoms with E-state index in [1.54, 1.807) is 30.0 Å². The van der Waals surface area contributed by atoms with Gasteiger partial charge in [-0.2, -0.15) is 0 Å². The Bertz CT molecular complexity index is 934. The number of rotatable bonds is 5. The fourth-order valence-electron chi connectivity index (χ4n) is 3.05. The number of amides is 2. The van der Waals surface area contributed by atoms with Crippen LogP contribution in [0.3, 0.4) is 0 Å². The minimum atomic E-state index is -0.457. The number of hydrogen-bond donors (Lipinski definition) is 1. The van der Waals surface area contributed by atoms with Crippen LogP contribution in [-0.2, 0) is 11.3 Å². The number of nitrogens with zero attached hydrogens (tertiary/aromatic N) is 3. The smallest absolute Gasteiger partial charge is 0.339 e. The number of piperazine rings is 1. The lowest BCUT2D eigenvalue weighted by atomic mass is 10.2. The van der Waals surface area contributed by atoms with E-state index in [9.17, 15) is 9.59 Å². The van der Waals surface area contributed by atoms with E-state index in [4.69, 9.17) is 39.5 Å². The van der Waals surface area contributed by atoms with Gasteiger partial charge in [-0.25, -0.2) is 14.6 Å². The van der Waals surface area contributed by atoms with Crippen molar-refractivity contribution in [2.45, 2.75) is 13.5 Å². The molecular formula is C20H21Cl3N4O3. The number of nitrogens with one attached hydrogen (secondary N) is 1. The standard InChI is InChI=1S/C20H21Cl3N4O3/c1-2-30-19(28)14-10-17(23)18(24-12-14)26-5-7-27(8-6-26)20(29)25-11-13-3-4-15(21)16(22)9-13/h3-4,9-10,12H,2,5-8,11H2,1H3,(H,25,29). The molecular weight excluding hydrogens is 451 g/mol. The molecule has 160 valence electrons. The van der Waals surface area contributed by atoms with Gasteiger partial charge in [0.1, 0.15) is 5.82 Å². The van der Waals surface area contributed by atoms with Crippen LogP contribution in [0, 0.1) is 0 Å². The van der Waals surface area contributed by atoms with Crippen LogP contribution < -0.4 is 10.2 Å². The largest absolute Gasteiger partial charge is 0.462 e. The zero-order valence-corrected chi connectivity index (χ0v) is 18.6. The lowest BCUT2D eigenvalue weighted by Gasteiger charge is -2.35. The van der Waals surface area contributed by atoms with Crippen LogP contribution in [0.1, 0.15) is 22.8 Å². The van der Waals surface area contributed by atoms with Gasteiger partial charge in [-0.3, -0.25) is 0 Å². The van der Waals surface area contributed by atoms with Crippen LogP contribution in [0.2, 0.25) is 15.1 Å². The maximum Gasteiger partial charge on any atom is 0.339 e. The molecule has 1 aromatic heterocycles. The molecule has 1 N–H and O–H groups in total. The predicted octanol–water partition coefficient (Wildman–Crippen LogP) is 4.25. The van der Waals surface area contributed by atoms with E-state index in [2.05, 4.69) is 10.3 Å². The molecule has 0 atom stereocenters. The fourth-order valence-corrected chi connectivity index (χ4v) is 3.66. The molecule has 0 saturated carbocycles. The first-order chi connectivity index (χ1) is 14.4. The van der Waals surface area contributed by atoms with Crippen LogP contribution in [0.25, 0.3) is 0 Å². The summed E-state index contributed by atoms with van der Waals surface area (Å²) in [4.78, 5) is 32.3. The third-order valence-electron chi connectivity index (χ3n) is 4.63. The molecule has 0 aliphatic carbocycles. The third-order valence-corrected chi connectivity index (χ3v) is 5.64. The molecule has 2 aromatic rings. The molecule has 1 saturated heterocycles. The lowest BCUT2D eigenvalue weighted by Crippen LogP contribution is -2.52. The number of halogens is 3. The first kappa shape index (κ1) is 22.5. The maximum atomic E-state index is 12.5. The van der Waals surface area contributed by atoms with Crippen molar-refractivity contribution in [1.29, 1.82) is 0 Å². The molecule has 10 heteroatoms. The number of carbonyl (C=O) groups excluding carboxylic acids is 2. The Hall–Kier alpha value is -2.22. The van der Waals surface area contributed by atoms with Gasteiger partial charge in [0.15, 0.2) is 0 Å². The molecule has 7 nitrogen and oxygen atoms in total. The zero-order chi connectivity index (χ0) is 21.7. The summed E-state index contributed by atoms with van der Waals surface area (Å²) in [5.41, 5.74) is 1.18. The maximum absolute atomic E-state index is 12.5. The molecule has 0 bridgehead atoms. The Balaban J connectivity index is 1.53. The first-order valence-corrected chi connectivity index (χ1v) is 10.6. The van der Waals surface area contributed by atoms with E-state index in [0.717, 1.165) is 5.56 Å². The van der Waals surface area contributed by atoms with Gasteiger partial charge in [0.2, 0.25) is 0 Å². The van der Waals surface area contributed by atoms with Gasteiger partial charge in [0.05, 0.1) is 27.2 Å². The summed E-state index contributed by atoms with van der Waals surface area (Å²) < 4.78 is 4.96. The van der Waals surface area contributed by atoms with Gasteiger partial charge < -0.3 is 19.9 Å². The van der Waals surface area contributed by atoms with Crippen LogP contribution in [-0.4, -0.2) is 54.7 Å². The van der Waals surface area contributed by atoms with Crippen molar-refractivity contribution in [3.8, 4) is 0 Å². The molecule has 30 heavy (non-hydrogen) atoms. The summed E-state index contributed by atoms with van der Waals surface area (Å²) in [6, 6.07) is 6.65. The molecule has 1 aromatic carbocycles. The Labute approximate surface area is 189 Å². The molecule has 0 spiro atoms. The average Bonchev–Trinajstić information content (AvgIpc) is 2.74. The van der Waals surface area contributed by atoms with Crippen molar-refractivity contribution in [3.63, 3.8) is 0 Å². The quantitative estimate of drug-likeness (QED) is 0.660. The fraction of sp³-hybridized carbons (Fsp3) is 0.350. The second-order valence-corrected chi connectivity index (χ2v) is 7.85. The Morgan fingerprint density at radius 2 is 1.80 bits per heavy atom. The van der Waals surface area contributed by atoms with Crippen molar-refractivity contribution in [1.82, 2.24) is 15.2 Å². The second kappa shape index (κ2) is 10.2. The van der Waals surface area contributed by atoms with Gasteiger partial charge in [0, 0.05) is 38.9 Å². The lowest BCUT2D eigenvalue weighted by molar-refractivity contribution is 0.0526. The zero-order valence-electron chi connectivity index (χ0n) is 16.3. The van der Waals surface area contributed by atoms with Gasteiger partial charge in [-0.05, 0) is 30.7 Å². The summed E-state index contributed by atoms with van der Waals surface area (Å²) >= 11 is 18.2. The topological polar surface area (TPSA) is 74.8 Å². The highest BCUT2D eigenvalue weighted by Gasteiger charge is 2.23. The second-order valence-electron chi connectivity index (χ2n) is 6.63. The summed E-state index contributed by atoms with van der Waals surface area (Å²) in [7, 11) is 0. The average molecular weight is 472 g/mol. The van der Waals surface area contributed by atoms with E-state index in [1.165, 1.54) is 6.20 Å². The first-order valence-electron chi connectivity index (χ1n) is 9.43. The van der Waals surface area contributed by atoms with Crippen molar-refractivity contribution in [2.75, 3.05) is 37.7 Å². The molecule has 1 aliphatic rings. The van der Waals surface area contributed by atoms with Crippen LogP contribution in [0.15, 0.2) is 30.5 Å². The van der Waals surface area contributed by atoms with Crippen molar-refractivity contribution in [2.24, 2.45) is 0 Å². The minimum Gasteiger partial charge on any atom is -0.462 e. The number of urea groups is 1. The van der Waals surface area contributed by atoms with Crippen LogP contribution in [0.4, 0.5) is 10.6 Å². The normalized spacial score (nSPS) is 13.9. The van der Waals surface area contributed by atoms with Gasteiger partial charge in [0.25, 0.3) is 0 Å². The van der Waals surface area contributed by atoms with Gasteiger partial charge in [-0.1, -0.05) is 40.9 Å². The number of benzene rings is 1. The number of aromatic nitrogens is 1. The number of pyridine rings is 1. The van der Waals surface area contributed by atoms with Crippen molar-refractivity contribution < 1.29 is 14.3 Å². The summed E-state index contributed by atoms with van der Waals surface area (Å²) in [6.07, 6.45) is 1.45. The van der Waals surface area contributed by atoms with E-state index < -0.39 is 5.97 Å². The highest BCUT2D eigenvalue weighted by molar-refractivity contribution is 6.42. The number of carbonyl (C=O) groups is 2. The molecule has 0 unspecified atom stereocenters. The van der Waals surface area contributed by atoms with Crippen molar-refractivity contribution >= 4 is 52.6 Å². The molecule has 1 aliphatic heterocycles. The number of hydrogen-bond acceptors (Lipinski definition) is 5. The Kier molecular flexibility index (Phi) is 7.64. The summed E-state index contributed by atoms with van der Waals surface area (Å²) in [5.74, 6) is 0.127. The third kappa shape index (κ3) is 5.47. The SMILES string of the molecule is CCOC(=O)c1cnc(N2CCN(C(=O)NCc3ccc(Cl)c(Cl)c3)CC2)c(Cl)c1. The summed E-state index contributed by atoms with van der Waals surface area (Å²) in [6.45, 7) is 4.57. The van der Waals surface area contributed by atoms with Gasteiger partial charge in [-0.15, -0.1) is 0 Å². The number of ether oxygens (including phenoxy) is 1.